The minimum Gasteiger partial charge on any atom is -0.367 e. The van der Waals surface area contributed by atoms with Gasteiger partial charge in [-0.05, 0) is 18.6 Å². The molecule has 0 saturated heterocycles. The van der Waals surface area contributed by atoms with Gasteiger partial charge in [0.05, 0.1) is 11.1 Å². The predicted molar refractivity (Wildman–Crippen MR) is 76.9 cm³/mol. The Morgan fingerprint density at radius 2 is 1.95 bits per heavy atom. The Bertz CT molecular complexity index is 659. The van der Waals surface area contributed by atoms with Gasteiger partial charge in [-0.3, -0.25) is 4.98 Å². The van der Waals surface area contributed by atoms with Crippen LogP contribution in [0.5, 0.6) is 0 Å². The van der Waals surface area contributed by atoms with Crippen LogP contribution in [0.2, 0.25) is 0 Å². The first-order valence-corrected chi connectivity index (χ1v) is 7.63. The summed E-state index contributed by atoms with van der Waals surface area (Å²) in [6.07, 6.45) is 4.72. The van der Waals surface area contributed by atoms with Crippen molar-refractivity contribution in [3.63, 3.8) is 0 Å². The van der Waals surface area contributed by atoms with Crippen LogP contribution in [0.1, 0.15) is 5.56 Å². The van der Waals surface area contributed by atoms with Crippen molar-refractivity contribution in [1.82, 2.24) is 14.7 Å². The van der Waals surface area contributed by atoms with Gasteiger partial charge >= 0.3 is 0 Å². The summed E-state index contributed by atoms with van der Waals surface area (Å²) in [7, 11) is -3.47. The Labute approximate surface area is 118 Å². The van der Waals surface area contributed by atoms with Crippen LogP contribution in [0.4, 0.5) is 5.82 Å². The van der Waals surface area contributed by atoms with E-state index in [0.717, 1.165) is 5.56 Å². The molecule has 2 rings (SSSR count). The fourth-order valence-electron chi connectivity index (χ4n) is 1.70. The number of aromatic nitrogens is 2. The number of nitrogens with zero attached hydrogens (tertiary/aromatic N) is 2. The van der Waals surface area contributed by atoms with Gasteiger partial charge < -0.3 is 5.32 Å². The highest BCUT2D eigenvalue weighted by atomic mass is 32.2. The van der Waals surface area contributed by atoms with Crippen LogP contribution in [0, 0.1) is 6.92 Å². The van der Waals surface area contributed by atoms with Gasteiger partial charge in [0.25, 0.3) is 0 Å². The molecule has 0 aliphatic carbocycles. The van der Waals surface area contributed by atoms with E-state index in [0.29, 0.717) is 17.3 Å². The number of sulfonamides is 1. The van der Waals surface area contributed by atoms with Crippen molar-refractivity contribution < 1.29 is 8.42 Å². The van der Waals surface area contributed by atoms with Gasteiger partial charge in [0.1, 0.15) is 5.82 Å². The van der Waals surface area contributed by atoms with E-state index in [1.165, 1.54) is 0 Å². The SMILES string of the molecule is Cc1ccccc1S(=O)(=O)NCCNc1cnccn1. The van der Waals surface area contributed by atoms with Gasteiger partial charge in [0.15, 0.2) is 0 Å². The molecule has 0 aliphatic heterocycles. The van der Waals surface area contributed by atoms with Gasteiger partial charge in [0.2, 0.25) is 10.0 Å². The molecule has 0 bridgehead atoms. The molecule has 20 heavy (non-hydrogen) atoms. The zero-order chi connectivity index (χ0) is 14.4. The van der Waals surface area contributed by atoms with E-state index in [9.17, 15) is 8.42 Å². The van der Waals surface area contributed by atoms with Crippen molar-refractivity contribution in [2.24, 2.45) is 0 Å². The fourth-order valence-corrected chi connectivity index (χ4v) is 2.98. The number of hydrogen-bond donors (Lipinski definition) is 2. The molecule has 0 radical (unpaired) electrons. The molecule has 0 spiro atoms. The molecule has 0 aliphatic rings. The molecule has 1 heterocycles. The summed E-state index contributed by atoms with van der Waals surface area (Å²) in [5, 5.41) is 2.98. The van der Waals surface area contributed by atoms with E-state index in [1.807, 2.05) is 6.07 Å². The summed E-state index contributed by atoms with van der Waals surface area (Å²) < 4.78 is 26.7. The topological polar surface area (TPSA) is 84.0 Å². The van der Waals surface area contributed by atoms with Gasteiger partial charge in [-0.1, -0.05) is 18.2 Å². The molecule has 0 atom stereocenters. The molecule has 0 amide bonds. The highest BCUT2D eigenvalue weighted by Gasteiger charge is 2.14. The zero-order valence-electron chi connectivity index (χ0n) is 11.1. The van der Waals surface area contributed by atoms with Crippen LogP contribution in [0.15, 0.2) is 47.8 Å². The monoisotopic (exact) mass is 292 g/mol. The molecule has 106 valence electrons. The molecule has 0 unspecified atom stereocenters. The predicted octanol–water partition coefficient (Wildman–Crippen LogP) is 1.18. The standard InChI is InChI=1S/C13H16N4O2S/c1-11-4-2-3-5-12(11)20(18,19)17-9-8-16-13-10-14-6-7-15-13/h2-7,10,17H,8-9H2,1H3,(H,15,16). The van der Waals surface area contributed by atoms with Crippen molar-refractivity contribution in [2.45, 2.75) is 11.8 Å². The van der Waals surface area contributed by atoms with Gasteiger partial charge in [-0.15, -0.1) is 0 Å². The maximum Gasteiger partial charge on any atom is 0.240 e. The second kappa shape index (κ2) is 6.44. The van der Waals surface area contributed by atoms with Gasteiger partial charge in [-0.25, -0.2) is 18.1 Å². The van der Waals surface area contributed by atoms with E-state index >= 15 is 0 Å². The second-order valence-corrected chi connectivity index (χ2v) is 5.92. The Balaban J connectivity index is 1.89. The number of rotatable bonds is 6. The molecule has 1 aromatic heterocycles. The van der Waals surface area contributed by atoms with E-state index in [-0.39, 0.29) is 6.54 Å². The first-order valence-electron chi connectivity index (χ1n) is 6.15. The lowest BCUT2D eigenvalue weighted by Crippen LogP contribution is -2.29. The Kier molecular flexibility index (Phi) is 4.65. The second-order valence-electron chi connectivity index (χ2n) is 4.18. The van der Waals surface area contributed by atoms with E-state index < -0.39 is 10.0 Å². The van der Waals surface area contributed by atoms with Crippen molar-refractivity contribution in [1.29, 1.82) is 0 Å². The third-order valence-electron chi connectivity index (χ3n) is 2.67. The number of nitrogens with one attached hydrogen (secondary N) is 2. The average Bonchev–Trinajstić information content (AvgIpc) is 2.45. The Hall–Kier alpha value is -1.99. The highest BCUT2D eigenvalue weighted by molar-refractivity contribution is 7.89. The zero-order valence-corrected chi connectivity index (χ0v) is 11.9. The lowest BCUT2D eigenvalue weighted by Gasteiger charge is -2.09. The normalized spacial score (nSPS) is 11.2. The van der Waals surface area contributed by atoms with Gasteiger partial charge in [-0.2, -0.15) is 0 Å². The summed E-state index contributed by atoms with van der Waals surface area (Å²) in [5.41, 5.74) is 0.724. The van der Waals surface area contributed by atoms with Crippen LogP contribution in [-0.4, -0.2) is 31.5 Å². The van der Waals surface area contributed by atoms with Crippen LogP contribution in [0.25, 0.3) is 0 Å². The summed E-state index contributed by atoms with van der Waals surface area (Å²) in [5.74, 6) is 0.614. The maximum atomic E-state index is 12.1. The number of hydrogen-bond acceptors (Lipinski definition) is 5. The Morgan fingerprint density at radius 1 is 1.15 bits per heavy atom. The molecular formula is C13H16N4O2S. The lowest BCUT2D eigenvalue weighted by molar-refractivity contribution is 0.582. The van der Waals surface area contributed by atoms with Crippen LogP contribution < -0.4 is 10.0 Å². The maximum absolute atomic E-state index is 12.1. The molecule has 0 saturated carbocycles. The fraction of sp³-hybridized carbons (Fsp3) is 0.231. The summed E-state index contributed by atoms with van der Waals surface area (Å²) in [4.78, 5) is 8.25. The minimum absolute atomic E-state index is 0.271. The molecule has 2 aromatic rings. The number of benzene rings is 1. The van der Waals surface area contributed by atoms with Gasteiger partial charge in [0, 0.05) is 25.5 Å². The molecule has 0 fully saturated rings. The molecule has 1 aromatic carbocycles. The molecule has 7 heteroatoms. The minimum atomic E-state index is -3.47. The van der Waals surface area contributed by atoms with Crippen LogP contribution >= 0.6 is 0 Å². The van der Waals surface area contributed by atoms with Crippen LogP contribution in [0.3, 0.4) is 0 Å². The molecule has 6 nitrogen and oxygen atoms in total. The number of aryl methyl sites for hydroxylation is 1. The number of anilines is 1. The smallest absolute Gasteiger partial charge is 0.240 e. The third-order valence-corrected chi connectivity index (χ3v) is 4.29. The lowest BCUT2D eigenvalue weighted by atomic mass is 10.2. The molecule has 2 N–H and O–H groups in total. The third kappa shape index (κ3) is 3.75. The van der Waals surface area contributed by atoms with Crippen molar-refractivity contribution in [3.8, 4) is 0 Å². The quantitative estimate of drug-likeness (QED) is 0.781. The largest absolute Gasteiger partial charge is 0.367 e. The first-order chi connectivity index (χ1) is 9.59. The summed E-state index contributed by atoms with van der Waals surface area (Å²) >= 11 is 0. The van der Waals surface area contributed by atoms with E-state index in [2.05, 4.69) is 20.0 Å². The average molecular weight is 292 g/mol. The summed E-state index contributed by atoms with van der Waals surface area (Å²) in [6.45, 7) is 2.48. The van der Waals surface area contributed by atoms with Crippen molar-refractivity contribution in [2.75, 3.05) is 18.4 Å². The summed E-state index contributed by atoms with van der Waals surface area (Å²) in [6, 6.07) is 6.88. The molecular weight excluding hydrogens is 276 g/mol. The van der Waals surface area contributed by atoms with Crippen LogP contribution in [-0.2, 0) is 10.0 Å². The van der Waals surface area contributed by atoms with E-state index in [1.54, 1.807) is 43.7 Å². The highest BCUT2D eigenvalue weighted by Crippen LogP contribution is 2.13. The van der Waals surface area contributed by atoms with Crippen molar-refractivity contribution in [3.05, 3.63) is 48.4 Å². The van der Waals surface area contributed by atoms with Crippen molar-refractivity contribution >= 4 is 15.8 Å². The Morgan fingerprint density at radius 3 is 2.65 bits per heavy atom. The van der Waals surface area contributed by atoms with E-state index in [4.69, 9.17) is 0 Å². The first kappa shape index (κ1) is 14.4.